The molecule has 35 heavy (non-hydrogen) atoms. The van der Waals surface area contributed by atoms with Crippen LogP contribution in [0.1, 0.15) is 45.3 Å². The Balaban J connectivity index is 1.44. The Morgan fingerprint density at radius 3 is 2.63 bits per heavy atom. The number of carbonyl (C=O) groups is 2. The third-order valence-electron chi connectivity index (χ3n) is 6.03. The molecule has 13 nitrogen and oxygen atoms in total. The van der Waals surface area contributed by atoms with Crippen LogP contribution in [0.25, 0.3) is 11.2 Å². The standard InChI is InChI=1S/C21H34N6O7Si/c1-5-14-15(11-17(33-14)27-13-26-19-20(22)24-12-25-21(19)27)34-18(29)8-7-16(28)23-9-6-10-35(30-2,31-3)32-4/h12-15,17H,5-11H2,1-4H3,(H,23,28)(H2,22,24,25)/t14-,15?,17-/m1/s1. The van der Waals surface area contributed by atoms with Gasteiger partial charge < -0.3 is 33.8 Å². The van der Waals surface area contributed by atoms with Gasteiger partial charge in [0.25, 0.3) is 0 Å². The Bertz CT molecular complexity index is 993. The highest BCUT2D eigenvalue weighted by molar-refractivity contribution is 6.60. The van der Waals surface area contributed by atoms with E-state index in [1.165, 1.54) is 6.33 Å². The highest BCUT2D eigenvalue weighted by atomic mass is 28.4. The van der Waals surface area contributed by atoms with Gasteiger partial charge in [0.1, 0.15) is 24.2 Å². The molecule has 0 spiro atoms. The van der Waals surface area contributed by atoms with Gasteiger partial charge in [-0.3, -0.25) is 14.2 Å². The number of hydrogen-bond donors (Lipinski definition) is 2. The number of imidazole rings is 1. The third-order valence-corrected chi connectivity index (χ3v) is 8.87. The number of fused-ring (bicyclic) bond motifs is 1. The summed E-state index contributed by atoms with van der Waals surface area (Å²) in [5.41, 5.74) is 6.92. The summed E-state index contributed by atoms with van der Waals surface area (Å²) in [7, 11) is 1.99. The molecule has 3 rings (SSSR count). The largest absolute Gasteiger partial charge is 0.500 e. The molecule has 0 aliphatic carbocycles. The molecular formula is C21H34N6O7Si. The molecule has 14 heteroatoms. The molecule has 3 heterocycles. The smallest absolute Gasteiger partial charge is 0.459 e. The van der Waals surface area contributed by atoms with Crippen molar-refractivity contribution >= 4 is 37.7 Å². The van der Waals surface area contributed by atoms with Gasteiger partial charge >= 0.3 is 14.8 Å². The SMILES string of the molecule is CC[C@H]1O[C@@H](n2cnc3c(N)ncnc32)CC1OC(=O)CCC(=O)NCCC[Si](OC)(OC)OC. The molecule has 1 aliphatic heterocycles. The predicted molar refractivity (Wildman–Crippen MR) is 127 cm³/mol. The van der Waals surface area contributed by atoms with E-state index >= 15 is 0 Å². The van der Waals surface area contributed by atoms with E-state index in [0.717, 1.165) is 0 Å². The van der Waals surface area contributed by atoms with Crippen LogP contribution in [0.4, 0.5) is 5.82 Å². The highest BCUT2D eigenvalue weighted by Gasteiger charge is 2.39. The van der Waals surface area contributed by atoms with Gasteiger partial charge in [-0.1, -0.05) is 6.92 Å². The van der Waals surface area contributed by atoms with E-state index in [1.54, 1.807) is 32.2 Å². The fourth-order valence-corrected chi connectivity index (χ4v) is 5.78. The summed E-state index contributed by atoms with van der Waals surface area (Å²) in [5.74, 6) is -0.381. The van der Waals surface area contributed by atoms with Crippen LogP contribution in [-0.4, -0.2) is 80.3 Å². The van der Waals surface area contributed by atoms with Crippen LogP contribution < -0.4 is 11.1 Å². The average Bonchev–Trinajstić information content (AvgIpc) is 3.48. The molecule has 3 atom stereocenters. The maximum absolute atomic E-state index is 12.4. The molecular weight excluding hydrogens is 476 g/mol. The Labute approximate surface area is 205 Å². The van der Waals surface area contributed by atoms with Crippen LogP contribution in [0.15, 0.2) is 12.7 Å². The van der Waals surface area contributed by atoms with Gasteiger partial charge in [0.2, 0.25) is 5.91 Å². The summed E-state index contributed by atoms with van der Waals surface area (Å²) >= 11 is 0. The van der Waals surface area contributed by atoms with Crippen molar-refractivity contribution in [2.45, 2.75) is 63.5 Å². The van der Waals surface area contributed by atoms with Crippen LogP contribution in [0.5, 0.6) is 0 Å². The lowest BCUT2D eigenvalue weighted by Gasteiger charge is -2.24. The normalized spacial score (nSPS) is 20.3. The Morgan fingerprint density at radius 1 is 1.20 bits per heavy atom. The maximum atomic E-state index is 12.4. The van der Waals surface area contributed by atoms with Gasteiger partial charge in [0, 0.05) is 46.8 Å². The van der Waals surface area contributed by atoms with Crippen LogP contribution in [0, 0.1) is 0 Å². The lowest BCUT2D eigenvalue weighted by atomic mass is 10.1. The second-order valence-corrected chi connectivity index (χ2v) is 11.2. The molecule has 1 fully saturated rings. The van der Waals surface area contributed by atoms with Gasteiger partial charge in [0.05, 0.1) is 18.9 Å². The molecule has 2 aromatic rings. The van der Waals surface area contributed by atoms with Crippen molar-refractivity contribution in [2.24, 2.45) is 0 Å². The quantitative estimate of drug-likeness (QED) is 0.226. The number of nitrogens with zero attached hydrogens (tertiary/aromatic N) is 4. The number of nitrogens with two attached hydrogens (primary N) is 1. The molecule has 2 aromatic heterocycles. The predicted octanol–water partition coefficient (Wildman–Crippen LogP) is 1.18. The lowest BCUT2D eigenvalue weighted by Crippen LogP contribution is -2.43. The minimum Gasteiger partial charge on any atom is -0.459 e. The summed E-state index contributed by atoms with van der Waals surface area (Å²) in [4.78, 5) is 37.0. The number of anilines is 1. The number of esters is 1. The van der Waals surface area contributed by atoms with Crippen LogP contribution in [-0.2, 0) is 32.3 Å². The monoisotopic (exact) mass is 510 g/mol. The number of carbonyl (C=O) groups excluding carboxylic acids is 2. The number of rotatable bonds is 13. The zero-order valence-corrected chi connectivity index (χ0v) is 21.6. The van der Waals surface area contributed by atoms with Crippen molar-refractivity contribution < 1.29 is 32.3 Å². The molecule has 1 unspecified atom stereocenters. The highest BCUT2D eigenvalue weighted by Crippen LogP contribution is 2.34. The van der Waals surface area contributed by atoms with E-state index in [0.29, 0.717) is 43.0 Å². The summed E-state index contributed by atoms with van der Waals surface area (Å²) in [6.45, 7) is 2.39. The van der Waals surface area contributed by atoms with E-state index in [1.807, 2.05) is 6.92 Å². The minimum absolute atomic E-state index is 0.0197. The van der Waals surface area contributed by atoms with Gasteiger partial charge in [-0.05, 0) is 12.8 Å². The molecule has 0 aromatic carbocycles. The van der Waals surface area contributed by atoms with Crippen LogP contribution >= 0.6 is 0 Å². The van der Waals surface area contributed by atoms with Gasteiger partial charge in [0.15, 0.2) is 11.5 Å². The fraction of sp³-hybridized carbons (Fsp3) is 0.667. The molecule has 0 radical (unpaired) electrons. The molecule has 1 aliphatic rings. The van der Waals surface area contributed by atoms with E-state index in [4.69, 9.17) is 28.5 Å². The fourth-order valence-electron chi connectivity index (χ4n) is 4.06. The van der Waals surface area contributed by atoms with Crippen molar-refractivity contribution in [2.75, 3.05) is 33.6 Å². The summed E-state index contributed by atoms with van der Waals surface area (Å²) < 4.78 is 29.6. The number of ether oxygens (including phenoxy) is 2. The van der Waals surface area contributed by atoms with E-state index in [9.17, 15) is 9.59 Å². The van der Waals surface area contributed by atoms with Crippen molar-refractivity contribution in [3.05, 3.63) is 12.7 Å². The van der Waals surface area contributed by atoms with Crippen LogP contribution in [0.3, 0.4) is 0 Å². The van der Waals surface area contributed by atoms with Crippen molar-refractivity contribution in [3.8, 4) is 0 Å². The first-order valence-electron chi connectivity index (χ1n) is 11.6. The number of amides is 1. The first-order valence-corrected chi connectivity index (χ1v) is 13.5. The van der Waals surface area contributed by atoms with E-state index in [-0.39, 0.29) is 30.7 Å². The van der Waals surface area contributed by atoms with Crippen molar-refractivity contribution in [3.63, 3.8) is 0 Å². The lowest BCUT2D eigenvalue weighted by molar-refractivity contribution is -0.153. The minimum atomic E-state index is -2.66. The number of hydrogen-bond acceptors (Lipinski definition) is 11. The molecule has 194 valence electrons. The van der Waals surface area contributed by atoms with Gasteiger partial charge in [-0.15, -0.1) is 0 Å². The van der Waals surface area contributed by atoms with Gasteiger partial charge in [-0.2, -0.15) is 0 Å². The van der Waals surface area contributed by atoms with Crippen molar-refractivity contribution in [1.82, 2.24) is 24.8 Å². The second kappa shape index (κ2) is 12.4. The van der Waals surface area contributed by atoms with E-state index < -0.39 is 27.1 Å². The summed E-state index contributed by atoms with van der Waals surface area (Å²) in [5, 5.41) is 2.80. The molecule has 1 saturated heterocycles. The topological polar surface area (TPSA) is 162 Å². The number of nitrogen functional groups attached to an aromatic ring is 1. The Hall–Kier alpha value is -2.65. The second-order valence-electron chi connectivity index (χ2n) is 8.13. The van der Waals surface area contributed by atoms with Crippen molar-refractivity contribution in [1.29, 1.82) is 0 Å². The zero-order chi connectivity index (χ0) is 25.4. The molecule has 0 bridgehead atoms. The zero-order valence-electron chi connectivity index (χ0n) is 20.6. The first kappa shape index (κ1) is 26.9. The maximum Gasteiger partial charge on any atom is 0.500 e. The Morgan fingerprint density at radius 2 is 1.94 bits per heavy atom. The van der Waals surface area contributed by atoms with Gasteiger partial charge in [-0.25, -0.2) is 15.0 Å². The van der Waals surface area contributed by atoms with E-state index in [2.05, 4.69) is 20.3 Å². The number of aromatic nitrogens is 4. The molecule has 0 saturated carbocycles. The average molecular weight is 511 g/mol. The van der Waals surface area contributed by atoms with Crippen LogP contribution in [0.2, 0.25) is 6.04 Å². The third kappa shape index (κ3) is 6.52. The first-order chi connectivity index (χ1) is 16.9. The molecule has 1 amide bonds. The Kier molecular flexibility index (Phi) is 9.51. The summed E-state index contributed by atoms with van der Waals surface area (Å²) in [6.07, 6.45) is 3.61. The molecule has 3 N–H and O–H groups in total. The summed E-state index contributed by atoms with van der Waals surface area (Å²) in [6, 6.07) is 0.574. The number of nitrogens with one attached hydrogen (secondary N) is 1.